The quantitative estimate of drug-likeness (QED) is 0.248. The molecule has 0 spiro atoms. The Morgan fingerprint density at radius 2 is 1.35 bits per heavy atom. The van der Waals surface area contributed by atoms with E-state index in [9.17, 15) is 0 Å². The van der Waals surface area contributed by atoms with Crippen LogP contribution in [0.15, 0.2) is 0 Å². The fourth-order valence-electron chi connectivity index (χ4n) is 8.82. The van der Waals surface area contributed by atoms with E-state index in [1.54, 1.807) is 44.9 Å². The van der Waals surface area contributed by atoms with Crippen molar-refractivity contribution in [2.75, 3.05) is 6.61 Å². The van der Waals surface area contributed by atoms with Gasteiger partial charge in [-0.1, -0.05) is 97.8 Å². The highest BCUT2D eigenvalue weighted by Crippen LogP contribution is 2.50. The minimum Gasteiger partial charge on any atom is -0.396 e. The smallest absolute Gasteiger partial charge is 0.0431 e. The largest absolute Gasteiger partial charge is 0.396 e. The summed E-state index contributed by atoms with van der Waals surface area (Å²) in [6.07, 6.45) is 30.7. The Balaban J connectivity index is 1.38. The molecule has 0 bridgehead atoms. The van der Waals surface area contributed by atoms with Crippen LogP contribution in [0.5, 0.6) is 0 Å². The van der Waals surface area contributed by atoms with Gasteiger partial charge in [-0.15, -0.1) is 0 Å². The van der Waals surface area contributed by atoms with Crippen LogP contribution in [0.1, 0.15) is 156 Å². The lowest BCUT2D eigenvalue weighted by Gasteiger charge is -2.45. The van der Waals surface area contributed by atoms with E-state index in [-0.39, 0.29) is 0 Å². The summed E-state index contributed by atoms with van der Waals surface area (Å²) in [5.74, 6) is 8.31. The van der Waals surface area contributed by atoms with Crippen molar-refractivity contribution >= 4 is 0 Å². The molecule has 3 saturated carbocycles. The Kier molecular flexibility index (Phi) is 13.4. The summed E-state index contributed by atoms with van der Waals surface area (Å²) >= 11 is 0. The Bertz CT molecular complexity index is 499. The highest BCUT2D eigenvalue weighted by molar-refractivity contribution is 4.90. The van der Waals surface area contributed by atoms with Crippen molar-refractivity contribution in [3.05, 3.63) is 0 Å². The number of hydrogen-bond acceptors (Lipinski definition) is 1. The predicted molar refractivity (Wildman–Crippen MR) is 149 cm³/mol. The van der Waals surface area contributed by atoms with Gasteiger partial charge in [0.15, 0.2) is 0 Å². The third-order valence-corrected chi connectivity index (χ3v) is 11.1. The summed E-state index contributed by atoms with van der Waals surface area (Å²) in [5.41, 5.74) is 0. The molecule has 3 rings (SSSR count). The molecule has 0 amide bonds. The highest BCUT2D eigenvalue weighted by Gasteiger charge is 2.39. The molecule has 0 saturated heterocycles. The van der Waals surface area contributed by atoms with Gasteiger partial charge < -0.3 is 5.11 Å². The topological polar surface area (TPSA) is 20.2 Å². The maximum Gasteiger partial charge on any atom is 0.0431 e. The third kappa shape index (κ3) is 8.81. The second kappa shape index (κ2) is 15.9. The van der Waals surface area contributed by atoms with E-state index in [4.69, 9.17) is 5.11 Å². The van der Waals surface area contributed by atoms with Gasteiger partial charge in [-0.05, 0) is 105 Å². The van der Waals surface area contributed by atoms with Gasteiger partial charge in [0, 0.05) is 6.61 Å². The zero-order chi connectivity index (χ0) is 24.2. The first kappa shape index (κ1) is 28.5. The summed E-state index contributed by atoms with van der Waals surface area (Å²) in [5, 5.41) is 9.01. The molecular weight excluding hydrogens is 412 g/mol. The van der Waals surface area contributed by atoms with Crippen LogP contribution >= 0.6 is 0 Å². The summed E-state index contributed by atoms with van der Waals surface area (Å²) in [6.45, 7) is 7.67. The summed E-state index contributed by atoms with van der Waals surface area (Å²) in [7, 11) is 0. The van der Waals surface area contributed by atoms with Gasteiger partial charge in [-0.3, -0.25) is 0 Å². The van der Waals surface area contributed by atoms with Crippen LogP contribution in [0.2, 0.25) is 0 Å². The minimum absolute atomic E-state index is 0.383. The minimum atomic E-state index is 0.383. The van der Waals surface area contributed by atoms with Crippen molar-refractivity contribution < 1.29 is 5.11 Å². The van der Waals surface area contributed by atoms with E-state index in [1.165, 1.54) is 83.5 Å². The van der Waals surface area contributed by atoms with E-state index in [1.807, 2.05) is 0 Å². The SMILES string of the molecule is CCCCC(CC)CC1CCC(C2CCC(C3CCC(CCCCCO)CC3)C(CC)C2)CC1. The lowest BCUT2D eigenvalue weighted by molar-refractivity contribution is 0.0511. The Morgan fingerprint density at radius 3 is 2.00 bits per heavy atom. The molecule has 0 heterocycles. The molecule has 1 heteroatoms. The van der Waals surface area contributed by atoms with Crippen LogP contribution in [-0.2, 0) is 0 Å². The second-order valence-electron chi connectivity index (χ2n) is 13.2. The van der Waals surface area contributed by atoms with Crippen molar-refractivity contribution in [3.63, 3.8) is 0 Å². The molecule has 3 aliphatic rings. The zero-order valence-electron chi connectivity index (χ0n) is 23.6. The standard InChI is InChI=1S/C33H62O/c1-4-7-11-26(5-2)24-28-15-17-30(18-16-28)32-21-22-33(29(6-3)25-32)31-19-13-27(14-20-31)12-9-8-10-23-34/h26-34H,4-25H2,1-3H3. The molecule has 200 valence electrons. The lowest BCUT2D eigenvalue weighted by Crippen LogP contribution is -2.35. The highest BCUT2D eigenvalue weighted by atomic mass is 16.2. The van der Waals surface area contributed by atoms with Crippen LogP contribution < -0.4 is 0 Å². The van der Waals surface area contributed by atoms with Gasteiger partial charge >= 0.3 is 0 Å². The van der Waals surface area contributed by atoms with E-state index < -0.39 is 0 Å². The number of hydrogen-bond donors (Lipinski definition) is 1. The lowest BCUT2D eigenvalue weighted by atomic mass is 9.60. The molecule has 4 atom stereocenters. The molecule has 34 heavy (non-hydrogen) atoms. The van der Waals surface area contributed by atoms with Crippen LogP contribution in [-0.4, -0.2) is 11.7 Å². The Morgan fingerprint density at radius 1 is 0.676 bits per heavy atom. The van der Waals surface area contributed by atoms with Crippen molar-refractivity contribution in [3.8, 4) is 0 Å². The molecule has 1 N–H and O–H groups in total. The number of rotatable bonds is 14. The fourth-order valence-corrected chi connectivity index (χ4v) is 8.82. The van der Waals surface area contributed by atoms with Crippen LogP contribution in [0.4, 0.5) is 0 Å². The maximum atomic E-state index is 9.01. The summed E-state index contributed by atoms with van der Waals surface area (Å²) in [4.78, 5) is 0. The maximum absolute atomic E-state index is 9.01. The first-order valence-electron chi connectivity index (χ1n) is 16.3. The van der Waals surface area contributed by atoms with Gasteiger partial charge in [0.25, 0.3) is 0 Å². The monoisotopic (exact) mass is 474 g/mol. The van der Waals surface area contributed by atoms with Crippen molar-refractivity contribution in [2.45, 2.75) is 156 Å². The molecule has 0 aliphatic heterocycles. The number of aliphatic hydroxyl groups excluding tert-OH is 1. The van der Waals surface area contributed by atoms with E-state index >= 15 is 0 Å². The van der Waals surface area contributed by atoms with Crippen LogP contribution in [0.25, 0.3) is 0 Å². The predicted octanol–water partition coefficient (Wildman–Crippen LogP) is 10.2. The zero-order valence-corrected chi connectivity index (χ0v) is 23.6. The summed E-state index contributed by atoms with van der Waals surface area (Å²) in [6, 6.07) is 0. The molecule has 4 unspecified atom stereocenters. The molecule has 0 aromatic carbocycles. The molecule has 0 aromatic rings. The Hall–Kier alpha value is -0.0400. The number of aliphatic hydroxyl groups is 1. The fraction of sp³-hybridized carbons (Fsp3) is 1.00. The van der Waals surface area contributed by atoms with Crippen LogP contribution in [0.3, 0.4) is 0 Å². The van der Waals surface area contributed by atoms with E-state index in [0.717, 1.165) is 53.8 Å². The van der Waals surface area contributed by atoms with Gasteiger partial charge in [0.1, 0.15) is 0 Å². The second-order valence-corrected chi connectivity index (χ2v) is 13.2. The number of unbranched alkanes of at least 4 members (excludes halogenated alkanes) is 3. The van der Waals surface area contributed by atoms with E-state index in [0.29, 0.717) is 6.61 Å². The van der Waals surface area contributed by atoms with Crippen molar-refractivity contribution in [2.24, 2.45) is 47.3 Å². The first-order valence-corrected chi connectivity index (χ1v) is 16.3. The van der Waals surface area contributed by atoms with E-state index in [2.05, 4.69) is 20.8 Å². The molecule has 3 aliphatic carbocycles. The Labute approximate surface area is 214 Å². The summed E-state index contributed by atoms with van der Waals surface area (Å²) < 4.78 is 0. The molecule has 1 nitrogen and oxygen atoms in total. The molecular formula is C33H62O. The van der Waals surface area contributed by atoms with Gasteiger partial charge in [-0.2, -0.15) is 0 Å². The average molecular weight is 475 g/mol. The van der Waals surface area contributed by atoms with Gasteiger partial charge in [0.2, 0.25) is 0 Å². The normalized spacial score (nSPS) is 35.8. The van der Waals surface area contributed by atoms with Crippen molar-refractivity contribution in [1.82, 2.24) is 0 Å². The van der Waals surface area contributed by atoms with Crippen LogP contribution in [0, 0.1) is 47.3 Å². The first-order chi connectivity index (χ1) is 16.7. The van der Waals surface area contributed by atoms with Gasteiger partial charge in [0.05, 0.1) is 0 Å². The third-order valence-electron chi connectivity index (χ3n) is 11.1. The molecule has 3 fully saturated rings. The molecule has 0 radical (unpaired) electrons. The average Bonchev–Trinajstić information content (AvgIpc) is 2.89. The molecule has 0 aromatic heterocycles. The van der Waals surface area contributed by atoms with Gasteiger partial charge in [-0.25, -0.2) is 0 Å². The van der Waals surface area contributed by atoms with Crippen molar-refractivity contribution in [1.29, 1.82) is 0 Å².